The number of thiophene rings is 1. The van der Waals surface area contributed by atoms with E-state index in [1.54, 1.807) is 11.3 Å². The number of halogens is 1. The van der Waals surface area contributed by atoms with Gasteiger partial charge in [-0.25, -0.2) is 0 Å². The predicted octanol–water partition coefficient (Wildman–Crippen LogP) is 1.73. The van der Waals surface area contributed by atoms with E-state index in [0.717, 1.165) is 29.8 Å². The molecule has 1 unspecified atom stereocenters. The molecule has 104 valence electrons. The van der Waals surface area contributed by atoms with E-state index in [1.807, 2.05) is 11.9 Å². The minimum atomic E-state index is -0.288. The zero-order chi connectivity index (χ0) is 13.4. The number of fused-ring (bicyclic) bond motifs is 1. The molecule has 0 aromatic carbocycles. The number of carbonyl (C=O) groups is 1. The fourth-order valence-corrected chi connectivity index (χ4v) is 4.41. The third kappa shape index (κ3) is 2.86. The van der Waals surface area contributed by atoms with Crippen molar-refractivity contribution in [2.75, 3.05) is 33.3 Å². The Morgan fingerprint density at radius 2 is 2.37 bits per heavy atom. The molecule has 1 fully saturated rings. The number of hydrogen-bond donors (Lipinski definition) is 0. The molecule has 0 aliphatic carbocycles. The Labute approximate surface area is 125 Å². The standard InChI is InChI=1S/C13H17BrN2O2S/c1-15-4-5-18-10(7-15)13(17)16-3-2-9-6-12(14)19-11(9)8-16/h6,10H,2-5,7-8H2,1H3. The topological polar surface area (TPSA) is 32.8 Å². The molecule has 0 N–H and O–H groups in total. The maximum absolute atomic E-state index is 12.5. The van der Waals surface area contributed by atoms with Gasteiger partial charge in [0.2, 0.25) is 0 Å². The molecule has 1 amide bonds. The second-order valence-corrected chi connectivity index (χ2v) is 7.65. The zero-order valence-electron chi connectivity index (χ0n) is 10.9. The molecule has 0 saturated carbocycles. The van der Waals surface area contributed by atoms with Crippen molar-refractivity contribution in [2.24, 2.45) is 0 Å². The number of morpholine rings is 1. The van der Waals surface area contributed by atoms with Crippen molar-refractivity contribution in [2.45, 2.75) is 19.1 Å². The number of amides is 1. The molecule has 19 heavy (non-hydrogen) atoms. The lowest BCUT2D eigenvalue weighted by Crippen LogP contribution is -2.50. The molecule has 0 spiro atoms. The quantitative estimate of drug-likeness (QED) is 0.777. The number of nitrogens with zero attached hydrogens (tertiary/aromatic N) is 2. The molecule has 1 aromatic heterocycles. The van der Waals surface area contributed by atoms with Crippen LogP contribution >= 0.6 is 27.3 Å². The highest BCUT2D eigenvalue weighted by molar-refractivity contribution is 9.11. The fourth-order valence-electron chi connectivity index (χ4n) is 2.60. The van der Waals surface area contributed by atoms with Crippen LogP contribution in [0.2, 0.25) is 0 Å². The van der Waals surface area contributed by atoms with E-state index < -0.39 is 0 Å². The summed E-state index contributed by atoms with van der Waals surface area (Å²) in [6.45, 7) is 3.80. The van der Waals surface area contributed by atoms with E-state index in [0.29, 0.717) is 13.2 Å². The first kappa shape index (κ1) is 13.5. The van der Waals surface area contributed by atoms with Crippen molar-refractivity contribution in [3.05, 3.63) is 20.3 Å². The summed E-state index contributed by atoms with van der Waals surface area (Å²) in [5, 5.41) is 0. The van der Waals surface area contributed by atoms with E-state index >= 15 is 0 Å². The Bertz CT molecular complexity index is 491. The van der Waals surface area contributed by atoms with Gasteiger partial charge in [-0.05, 0) is 41.0 Å². The first-order chi connectivity index (χ1) is 9.13. The van der Waals surface area contributed by atoms with Crippen LogP contribution in [0.15, 0.2) is 9.85 Å². The second-order valence-electron chi connectivity index (χ2n) is 5.13. The van der Waals surface area contributed by atoms with Crippen molar-refractivity contribution in [1.82, 2.24) is 9.80 Å². The van der Waals surface area contributed by atoms with E-state index in [-0.39, 0.29) is 12.0 Å². The SMILES string of the molecule is CN1CCOC(C(=O)N2CCc3cc(Br)sc3C2)C1. The minimum Gasteiger partial charge on any atom is -0.366 e. The average molecular weight is 345 g/mol. The number of ether oxygens (including phenoxy) is 1. The lowest BCUT2D eigenvalue weighted by atomic mass is 10.1. The first-order valence-corrected chi connectivity index (χ1v) is 8.10. The number of likely N-dealkylation sites (N-methyl/N-ethyl adjacent to an activating group) is 1. The normalized spacial score (nSPS) is 24.3. The van der Waals surface area contributed by atoms with Gasteiger partial charge in [0.25, 0.3) is 5.91 Å². The zero-order valence-corrected chi connectivity index (χ0v) is 13.3. The molecule has 1 atom stereocenters. The molecule has 4 nitrogen and oxygen atoms in total. The third-order valence-corrected chi connectivity index (χ3v) is 5.37. The van der Waals surface area contributed by atoms with Crippen molar-refractivity contribution in [3.8, 4) is 0 Å². The molecular weight excluding hydrogens is 328 g/mol. The molecule has 1 aromatic rings. The van der Waals surface area contributed by atoms with E-state index in [9.17, 15) is 4.79 Å². The Morgan fingerprint density at radius 1 is 1.53 bits per heavy atom. The van der Waals surface area contributed by atoms with Gasteiger partial charge in [-0.15, -0.1) is 11.3 Å². The van der Waals surface area contributed by atoms with Crippen molar-refractivity contribution in [1.29, 1.82) is 0 Å². The average Bonchev–Trinajstić information content (AvgIpc) is 2.76. The Hall–Kier alpha value is -0.430. The van der Waals surface area contributed by atoms with Gasteiger partial charge in [-0.3, -0.25) is 4.79 Å². The number of carbonyl (C=O) groups excluding carboxylic acids is 1. The minimum absolute atomic E-state index is 0.140. The van der Waals surface area contributed by atoms with Crippen molar-refractivity contribution < 1.29 is 9.53 Å². The van der Waals surface area contributed by atoms with Crippen LogP contribution in [0.1, 0.15) is 10.4 Å². The smallest absolute Gasteiger partial charge is 0.253 e. The van der Waals surface area contributed by atoms with Crippen LogP contribution in [0.5, 0.6) is 0 Å². The highest BCUT2D eigenvalue weighted by Crippen LogP contribution is 2.31. The summed E-state index contributed by atoms with van der Waals surface area (Å²) >= 11 is 5.25. The molecule has 3 rings (SSSR count). The van der Waals surface area contributed by atoms with Crippen LogP contribution in [-0.4, -0.2) is 55.1 Å². The molecule has 2 aliphatic rings. The molecular formula is C13H17BrN2O2S. The van der Waals surface area contributed by atoms with E-state index in [2.05, 4.69) is 26.9 Å². The summed E-state index contributed by atoms with van der Waals surface area (Å²) in [6.07, 6.45) is 0.662. The monoisotopic (exact) mass is 344 g/mol. The highest BCUT2D eigenvalue weighted by atomic mass is 79.9. The third-order valence-electron chi connectivity index (χ3n) is 3.71. The maximum atomic E-state index is 12.5. The lowest BCUT2D eigenvalue weighted by Gasteiger charge is -2.34. The molecule has 0 bridgehead atoms. The van der Waals surface area contributed by atoms with Gasteiger partial charge in [-0.2, -0.15) is 0 Å². The summed E-state index contributed by atoms with van der Waals surface area (Å²) in [5.41, 5.74) is 1.38. The first-order valence-electron chi connectivity index (χ1n) is 6.49. The molecule has 2 aliphatic heterocycles. The summed E-state index contributed by atoms with van der Waals surface area (Å²) in [4.78, 5) is 17.9. The summed E-state index contributed by atoms with van der Waals surface area (Å²) in [6, 6.07) is 2.17. The number of rotatable bonds is 1. The lowest BCUT2D eigenvalue weighted by molar-refractivity contribution is -0.149. The molecule has 3 heterocycles. The van der Waals surface area contributed by atoms with Gasteiger partial charge in [0.05, 0.1) is 16.9 Å². The van der Waals surface area contributed by atoms with Crippen LogP contribution in [0.4, 0.5) is 0 Å². The van der Waals surface area contributed by atoms with Crippen LogP contribution in [0, 0.1) is 0 Å². The highest BCUT2D eigenvalue weighted by Gasteiger charge is 2.31. The van der Waals surface area contributed by atoms with Crippen LogP contribution in [0.3, 0.4) is 0 Å². The maximum Gasteiger partial charge on any atom is 0.253 e. The Morgan fingerprint density at radius 3 is 3.16 bits per heavy atom. The predicted molar refractivity (Wildman–Crippen MR) is 78.4 cm³/mol. The van der Waals surface area contributed by atoms with Gasteiger partial charge in [-0.1, -0.05) is 0 Å². The van der Waals surface area contributed by atoms with Crippen LogP contribution in [0.25, 0.3) is 0 Å². The largest absolute Gasteiger partial charge is 0.366 e. The van der Waals surface area contributed by atoms with Gasteiger partial charge in [0.1, 0.15) is 6.10 Å². The molecule has 1 saturated heterocycles. The van der Waals surface area contributed by atoms with E-state index in [1.165, 1.54) is 10.4 Å². The summed E-state index contributed by atoms with van der Waals surface area (Å²) in [7, 11) is 2.04. The second kappa shape index (κ2) is 5.52. The summed E-state index contributed by atoms with van der Waals surface area (Å²) < 4.78 is 6.77. The molecule has 0 radical (unpaired) electrons. The van der Waals surface area contributed by atoms with Crippen molar-refractivity contribution >= 4 is 33.2 Å². The number of hydrogen-bond acceptors (Lipinski definition) is 4. The van der Waals surface area contributed by atoms with Crippen LogP contribution in [-0.2, 0) is 22.5 Å². The Balaban J connectivity index is 1.68. The Kier molecular flexibility index (Phi) is 3.93. The molecule has 6 heteroatoms. The van der Waals surface area contributed by atoms with Crippen molar-refractivity contribution in [3.63, 3.8) is 0 Å². The fraction of sp³-hybridized carbons (Fsp3) is 0.615. The van der Waals surface area contributed by atoms with Crippen LogP contribution < -0.4 is 0 Å². The summed E-state index contributed by atoms with van der Waals surface area (Å²) in [5.74, 6) is 0.140. The van der Waals surface area contributed by atoms with Gasteiger partial charge in [0, 0.05) is 24.5 Å². The van der Waals surface area contributed by atoms with Gasteiger partial charge in [0.15, 0.2) is 0 Å². The van der Waals surface area contributed by atoms with Gasteiger partial charge >= 0.3 is 0 Å². The van der Waals surface area contributed by atoms with E-state index in [4.69, 9.17) is 4.74 Å². The van der Waals surface area contributed by atoms with Gasteiger partial charge < -0.3 is 14.5 Å².